The second-order valence-corrected chi connectivity index (χ2v) is 6.51. The number of hydrogen-bond donors (Lipinski definition) is 2. The van der Waals surface area contributed by atoms with Crippen LogP contribution in [0.25, 0.3) is 0 Å². The molecule has 1 atom stereocenters. The first kappa shape index (κ1) is 15.5. The fraction of sp³-hybridized carbons (Fsp3) is 0.267. The molecule has 0 saturated carbocycles. The number of benzene rings is 1. The van der Waals surface area contributed by atoms with E-state index in [1.54, 1.807) is 13.0 Å². The lowest BCUT2D eigenvalue weighted by Gasteiger charge is -2.15. The van der Waals surface area contributed by atoms with Crippen LogP contribution in [0.1, 0.15) is 31.0 Å². The Balaban J connectivity index is 2.21. The summed E-state index contributed by atoms with van der Waals surface area (Å²) < 4.78 is 27.3. The van der Waals surface area contributed by atoms with Crippen LogP contribution in [0.2, 0.25) is 0 Å². The minimum Gasteiger partial charge on any atom is -0.383 e. The van der Waals surface area contributed by atoms with E-state index in [1.807, 2.05) is 24.3 Å². The lowest BCUT2D eigenvalue weighted by molar-refractivity contribution is 0.567. The van der Waals surface area contributed by atoms with E-state index in [0.717, 1.165) is 12.0 Å². The molecule has 112 valence electrons. The summed E-state index contributed by atoms with van der Waals surface area (Å²) in [6.45, 7) is 3.87. The summed E-state index contributed by atoms with van der Waals surface area (Å²) in [5.74, 6) is -0.00136. The van der Waals surface area contributed by atoms with Crippen LogP contribution in [-0.4, -0.2) is 13.4 Å². The SMILES string of the molecule is CCc1ccc(C(C)NS(=O)(=O)c2cccnc2N)cc1. The molecular formula is C15H19N3O2S. The van der Waals surface area contributed by atoms with Gasteiger partial charge in [0.15, 0.2) is 0 Å². The van der Waals surface area contributed by atoms with Crippen molar-refractivity contribution in [3.8, 4) is 0 Å². The number of nitrogens with two attached hydrogens (primary N) is 1. The summed E-state index contributed by atoms with van der Waals surface area (Å²) >= 11 is 0. The number of aryl methyl sites for hydroxylation is 1. The Labute approximate surface area is 125 Å². The molecule has 0 fully saturated rings. The van der Waals surface area contributed by atoms with Crippen molar-refractivity contribution in [2.45, 2.75) is 31.2 Å². The number of aromatic nitrogens is 1. The highest BCUT2D eigenvalue weighted by molar-refractivity contribution is 7.89. The Hall–Kier alpha value is -1.92. The van der Waals surface area contributed by atoms with Crippen molar-refractivity contribution in [2.24, 2.45) is 0 Å². The van der Waals surface area contributed by atoms with Crippen molar-refractivity contribution in [3.63, 3.8) is 0 Å². The van der Waals surface area contributed by atoms with Gasteiger partial charge in [-0.3, -0.25) is 0 Å². The molecule has 1 unspecified atom stereocenters. The average molecular weight is 305 g/mol. The summed E-state index contributed by atoms with van der Waals surface area (Å²) in [5.41, 5.74) is 7.74. The fourth-order valence-electron chi connectivity index (χ4n) is 2.04. The molecule has 0 amide bonds. The van der Waals surface area contributed by atoms with Gasteiger partial charge in [0.25, 0.3) is 0 Å². The third-order valence-corrected chi connectivity index (χ3v) is 4.90. The van der Waals surface area contributed by atoms with Crippen LogP contribution in [0.5, 0.6) is 0 Å². The molecule has 0 spiro atoms. The van der Waals surface area contributed by atoms with E-state index in [2.05, 4.69) is 16.6 Å². The fourth-order valence-corrected chi connectivity index (χ4v) is 3.35. The van der Waals surface area contributed by atoms with Gasteiger partial charge in [-0.1, -0.05) is 31.2 Å². The van der Waals surface area contributed by atoms with Gasteiger partial charge in [0, 0.05) is 12.2 Å². The van der Waals surface area contributed by atoms with Crippen LogP contribution in [0.3, 0.4) is 0 Å². The van der Waals surface area contributed by atoms with Gasteiger partial charge in [-0.25, -0.2) is 18.1 Å². The van der Waals surface area contributed by atoms with Gasteiger partial charge in [0.05, 0.1) is 0 Å². The maximum atomic E-state index is 12.3. The van der Waals surface area contributed by atoms with E-state index < -0.39 is 10.0 Å². The Morgan fingerprint density at radius 1 is 1.24 bits per heavy atom. The van der Waals surface area contributed by atoms with Crippen LogP contribution < -0.4 is 10.5 Å². The van der Waals surface area contributed by atoms with Crippen LogP contribution in [0.15, 0.2) is 47.5 Å². The van der Waals surface area contributed by atoms with Crippen LogP contribution in [-0.2, 0) is 16.4 Å². The largest absolute Gasteiger partial charge is 0.383 e. The normalized spacial score (nSPS) is 13.0. The summed E-state index contributed by atoms with van der Waals surface area (Å²) in [4.78, 5) is 3.81. The number of sulfonamides is 1. The van der Waals surface area contributed by atoms with Crippen molar-refractivity contribution in [1.29, 1.82) is 0 Å². The van der Waals surface area contributed by atoms with Crippen molar-refractivity contribution in [3.05, 3.63) is 53.7 Å². The number of nitrogens with one attached hydrogen (secondary N) is 1. The van der Waals surface area contributed by atoms with Crippen molar-refractivity contribution >= 4 is 15.8 Å². The first-order chi connectivity index (χ1) is 9.94. The molecule has 1 aromatic heterocycles. The van der Waals surface area contributed by atoms with Crippen molar-refractivity contribution in [1.82, 2.24) is 9.71 Å². The van der Waals surface area contributed by atoms with Crippen LogP contribution in [0.4, 0.5) is 5.82 Å². The zero-order chi connectivity index (χ0) is 15.5. The number of nitrogen functional groups attached to an aromatic ring is 1. The molecule has 0 bridgehead atoms. The number of anilines is 1. The smallest absolute Gasteiger partial charge is 0.244 e. The minimum absolute atomic E-state index is 0.00136. The van der Waals surface area contributed by atoms with Gasteiger partial charge >= 0.3 is 0 Å². The first-order valence-electron chi connectivity index (χ1n) is 6.75. The monoisotopic (exact) mass is 305 g/mol. The summed E-state index contributed by atoms with van der Waals surface area (Å²) in [6.07, 6.45) is 2.41. The number of rotatable bonds is 5. The molecule has 6 heteroatoms. The van der Waals surface area contributed by atoms with E-state index in [9.17, 15) is 8.42 Å². The predicted octanol–water partition coefficient (Wildman–Crippen LogP) is 2.27. The van der Waals surface area contributed by atoms with Crippen LogP contribution in [0, 0.1) is 0 Å². The lowest BCUT2D eigenvalue weighted by Crippen LogP contribution is -2.27. The van der Waals surface area contributed by atoms with E-state index in [0.29, 0.717) is 0 Å². The molecule has 1 heterocycles. The molecule has 0 aliphatic heterocycles. The Morgan fingerprint density at radius 3 is 2.48 bits per heavy atom. The van der Waals surface area contributed by atoms with E-state index in [4.69, 9.17) is 5.73 Å². The molecule has 3 N–H and O–H groups in total. The number of nitrogens with zero attached hydrogens (tertiary/aromatic N) is 1. The van der Waals surface area contributed by atoms with Gasteiger partial charge in [-0.15, -0.1) is 0 Å². The molecule has 2 aromatic rings. The lowest BCUT2D eigenvalue weighted by atomic mass is 10.1. The molecule has 5 nitrogen and oxygen atoms in total. The maximum absolute atomic E-state index is 12.3. The summed E-state index contributed by atoms with van der Waals surface area (Å²) in [7, 11) is -3.69. The highest BCUT2D eigenvalue weighted by Gasteiger charge is 2.21. The van der Waals surface area contributed by atoms with Crippen molar-refractivity contribution in [2.75, 3.05) is 5.73 Å². The summed E-state index contributed by atoms with van der Waals surface area (Å²) in [5, 5.41) is 0. The quantitative estimate of drug-likeness (QED) is 0.887. The highest BCUT2D eigenvalue weighted by atomic mass is 32.2. The third kappa shape index (κ3) is 3.59. The number of hydrogen-bond acceptors (Lipinski definition) is 4. The standard InChI is InChI=1S/C15H19N3O2S/c1-3-12-6-8-13(9-7-12)11(2)18-21(19,20)14-5-4-10-17-15(14)16/h4-11,18H,3H2,1-2H3,(H2,16,17). The maximum Gasteiger partial charge on any atom is 0.244 e. The average Bonchev–Trinajstić information content (AvgIpc) is 2.47. The van der Waals surface area contributed by atoms with E-state index >= 15 is 0 Å². The van der Waals surface area contributed by atoms with Gasteiger partial charge in [-0.2, -0.15) is 0 Å². The van der Waals surface area contributed by atoms with Crippen LogP contribution >= 0.6 is 0 Å². The molecule has 0 radical (unpaired) electrons. The van der Waals surface area contributed by atoms with E-state index in [1.165, 1.54) is 17.8 Å². The Morgan fingerprint density at radius 2 is 1.90 bits per heavy atom. The van der Waals surface area contributed by atoms with Gasteiger partial charge in [0.2, 0.25) is 10.0 Å². The van der Waals surface area contributed by atoms with Gasteiger partial charge in [-0.05, 0) is 36.6 Å². The topological polar surface area (TPSA) is 85.1 Å². The first-order valence-corrected chi connectivity index (χ1v) is 8.24. The van der Waals surface area contributed by atoms with Gasteiger partial charge in [0.1, 0.15) is 10.7 Å². The molecule has 0 saturated heterocycles. The Kier molecular flexibility index (Phi) is 4.59. The third-order valence-electron chi connectivity index (χ3n) is 3.31. The zero-order valence-corrected chi connectivity index (χ0v) is 12.9. The number of pyridine rings is 1. The molecule has 21 heavy (non-hydrogen) atoms. The van der Waals surface area contributed by atoms with Crippen molar-refractivity contribution < 1.29 is 8.42 Å². The molecular weight excluding hydrogens is 286 g/mol. The minimum atomic E-state index is -3.69. The van der Waals surface area contributed by atoms with Gasteiger partial charge < -0.3 is 5.73 Å². The second kappa shape index (κ2) is 6.24. The zero-order valence-electron chi connectivity index (χ0n) is 12.1. The second-order valence-electron chi connectivity index (χ2n) is 4.82. The Bertz CT molecular complexity index is 712. The highest BCUT2D eigenvalue weighted by Crippen LogP contribution is 2.20. The molecule has 1 aromatic carbocycles. The molecule has 2 rings (SSSR count). The summed E-state index contributed by atoms with van der Waals surface area (Å²) in [6, 6.07) is 10.5. The molecule has 0 aliphatic rings. The molecule has 0 aliphatic carbocycles. The van der Waals surface area contributed by atoms with E-state index in [-0.39, 0.29) is 16.8 Å². The predicted molar refractivity (Wildman–Crippen MR) is 83.2 cm³/mol.